The third-order valence-electron chi connectivity index (χ3n) is 7.86. The molecule has 6 rings (SSSR count). The van der Waals surface area contributed by atoms with Crippen LogP contribution in [0.15, 0.2) is 12.2 Å². The molecule has 8 heteroatoms. The molecule has 0 spiro atoms. The Morgan fingerprint density at radius 2 is 1.73 bits per heavy atom. The number of amides is 3. The van der Waals surface area contributed by atoms with Gasteiger partial charge in [-0.3, -0.25) is 19.3 Å². The van der Waals surface area contributed by atoms with E-state index in [0.717, 1.165) is 56.7 Å². The lowest BCUT2D eigenvalue weighted by atomic mass is 9.85. The third-order valence-corrected chi connectivity index (χ3v) is 7.86. The lowest BCUT2D eigenvalue weighted by Crippen LogP contribution is -2.44. The lowest BCUT2D eigenvalue weighted by Gasteiger charge is -2.27. The molecular formula is C22H27N5O3. The largest absolute Gasteiger partial charge is 0.331 e. The number of imide groups is 1. The number of allylic oxidation sites excluding steroid dienone is 2. The van der Waals surface area contributed by atoms with E-state index in [1.165, 1.54) is 11.3 Å². The van der Waals surface area contributed by atoms with Gasteiger partial charge in [-0.2, -0.15) is 0 Å². The van der Waals surface area contributed by atoms with Crippen molar-refractivity contribution in [3.05, 3.63) is 23.8 Å². The van der Waals surface area contributed by atoms with Gasteiger partial charge < -0.3 is 9.47 Å². The molecule has 5 aliphatic rings. The molecule has 8 nitrogen and oxygen atoms in total. The zero-order valence-electron chi connectivity index (χ0n) is 17.1. The molecule has 2 saturated heterocycles. The van der Waals surface area contributed by atoms with Crippen LogP contribution in [0.1, 0.15) is 56.2 Å². The van der Waals surface area contributed by atoms with E-state index in [2.05, 4.69) is 26.9 Å². The number of fused-ring (bicyclic) bond motifs is 6. The first-order valence-corrected chi connectivity index (χ1v) is 11.4. The Balaban J connectivity index is 1.21. The van der Waals surface area contributed by atoms with Gasteiger partial charge in [-0.05, 0) is 43.9 Å². The quantitative estimate of drug-likeness (QED) is 0.557. The predicted octanol–water partition coefficient (Wildman–Crippen LogP) is 1.48. The summed E-state index contributed by atoms with van der Waals surface area (Å²) in [7, 11) is 0. The maximum absolute atomic E-state index is 13.2. The van der Waals surface area contributed by atoms with Crippen molar-refractivity contribution in [3.8, 4) is 0 Å². The average molecular weight is 409 g/mol. The van der Waals surface area contributed by atoms with E-state index in [1.807, 2.05) is 4.90 Å². The van der Waals surface area contributed by atoms with E-state index >= 15 is 0 Å². The topological polar surface area (TPSA) is 88.4 Å². The van der Waals surface area contributed by atoms with Crippen molar-refractivity contribution in [1.29, 1.82) is 0 Å². The minimum atomic E-state index is -0.248. The van der Waals surface area contributed by atoms with Crippen molar-refractivity contribution < 1.29 is 14.4 Å². The van der Waals surface area contributed by atoms with Crippen molar-refractivity contribution >= 4 is 17.7 Å². The van der Waals surface area contributed by atoms with Crippen LogP contribution in [0.3, 0.4) is 0 Å². The van der Waals surface area contributed by atoms with Crippen molar-refractivity contribution in [1.82, 2.24) is 24.6 Å². The van der Waals surface area contributed by atoms with Crippen molar-refractivity contribution in [2.24, 2.45) is 23.7 Å². The van der Waals surface area contributed by atoms with E-state index < -0.39 is 0 Å². The molecule has 1 aromatic rings. The number of likely N-dealkylation sites (tertiary alicyclic amines) is 2. The maximum Gasteiger partial charge on any atom is 0.243 e. The molecule has 0 radical (unpaired) electrons. The highest BCUT2D eigenvalue weighted by atomic mass is 16.2. The Morgan fingerprint density at radius 3 is 2.50 bits per heavy atom. The third kappa shape index (κ3) is 2.55. The molecule has 30 heavy (non-hydrogen) atoms. The fourth-order valence-electron chi connectivity index (χ4n) is 6.43. The molecule has 0 aromatic carbocycles. The monoisotopic (exact) mass is 409 g/mol. The molecule has 3 fully saturated rings. The number of hydrogen-bond donors (Lipinski definition) is 0. The zero-order valence-corrected chi connectivity index (χ0v) is 17.1. The highest BCUT2D eigenvalue weighted by Crippen LogP contribution is 2.52. The number of aryl methyl sites for hydroxylation is 1. The van der Waals surface area contributed by atoms with Crippen LogP contribution in [0.2, 0.25) is 0 Å². The molecule has 3 amide bonds. The summed E-state index contributed by atoms with van der Waals surface area (Å²) >= 11 is 0. The Morgan fingerprint density at radius 1 is 0.967 bits per heavy atom. The van der Waals surface area contributed by atoms with Gasteiger partial charge in [0.05, 0.1) is 17.9 Å². The van der Waals surface area contributed by atoms with E-state index in [4.69, 9.17) is 0 Å². The molecule has 0 N–H and O–H groups in total. The number of carbonyl (C=O) groups excluding carboxylic acids is 3. The second-order valence-corrected chi connectivity index (χ2v) is 9.44. The van der Waals surface area contributed by atoms with Gasteiger partial charge in [-0.15, -0.1) is 10.2 Å². The van der Waals surface area contributed by atoms with Gasteiger partial charge in [-0.25, -0.2) is 0 Å². The number of rotatable bonds is 3. The van der Waals surface area contributed by atoms with Crippen molar-refractivity contribution in [3.63, 3.8) is 0 Å². The first-order chi connectivity index (χ1) is 14.6. The minimum Gasteiger partial charge on any atom is -0.331 e. The van der Waals surface area contributed by atoms with Crippen LogP contribution >= 0.6 is 0 Å². The summed E-state index contributed by atoms with van der Waals surface area (Å²) in [5.74, 6) is 1.28. The van der Waals surface area contributed by atoms with Crippen LogP contribution in [0.25, 0.3) is 0 Å². The normalized spacial score (nSPS) is 34.6. The summed E-state index contributed by atoms with van der Waals surface area (Å²) in [6.07, 6.45) is 11.2. The van der Waals surface area contributed by atoms with Gasteiger partial charge in [-0.1, -0.05) is 18.6 Å². The average Bonchev–Trinajstić information content (AvgIpc) is 3.54. The summed E-state index contributed by atoms with van der Waals surface area (Å²) in [6.45, 7) is 1.40. The first kappa shape index (κ1) is 18.3. The fourth-order valence-corrected chi connectivity index (χ4v) is 6.43. The van der Waals surface area contributed by atoms with E-state index in [1.54, 1.807) is 0 Å². The Labute approximate surface area is 175 Å². The molecule has 158 valence electrons. The van der Waals surface area contributed by atoms with Crippen molar-refractivity contribution in [2.75, 3.05) is 13.1 Å². The molecule has 2 bridgehead atoms. The summed E-state index contributed by atoms with van der Waals surface area (Å²) in [6, 6.07) is -0.109. The molecular weight excluding hydrogens is 382 g/mol. The second kappa shape index (κ2) is 6.75. The molecule has 3 aliphatic heterocycles. The van der Waals surface area contributed by atoms with E-state index in [0.29, 0.717) is 6.54 Å². The van der Waals surface area contributed by atoms with Gasteiger partial charge in [0.1, 0.15) is 12.4 Å². The van der Waals surface area contributed by atoms with Gasteiger partial charge in [0.2, 0.25) is 17.7 Å². The molecule has 5 atom stereocenters. The SMILES string of the molecule is O=C1[C@@H]2[C@H](C(=O)N1CC(=O)N1CCC[C@H]1c1nnc3n1CCCCC3)[C@H]1C=C[C@H]2C1. The number of hydrogen-bond acceptors (Lipinski definition) is 5. The van der Waals surface area contributed by atoms with Crippen LogP contribution in [-0.2, 0) is 27.3 Å². The summed E-state index contributed by atoms with van der Waals surface area (Å²) in [4.78, 5) is 42.2. The first-order valence-electron chi connectivity index (χ1n) is 11.4. The summed E-state index contributed by atoms with van der Waals surface area (Å²) in [5.41, 5.74) is 0. The number of carbonyl (C=O) groups is 3. The number of aromatic nitrogens is 3. The summed E-state index contributed by atoms with van der Waals surface area (Å²) < 4.78 is 2.20. The lowest BCUT2D eigenvalue weighted by molar-refractivity contribution is -0.147. The van der Waals surface area contributed by atoms with E-state index in [-0.39, 0.29) is 54.0 Å². The molecule has 1 aromatic heterocycles. The smallest absolute Gasteiger partial charge is 0.243 e. The van der Waals surface area contributed by atoms with Crippen LogP contribution in [0.5, 0.6) is 0 Å². The minimum absolute atomic E-state index is 0.109. The predicted molar refractivity (Wildman–Crippen MR) is 106 cm³/mol. The van der Waals surface area contributed by atoms with Gasteiger partial charge in [0.15, 0.2) is 5.82 Å². The maximum atomic E-state index is 13.2. The van der Waals surface area contributed by atoms with Gasteiger partial charge in [0, 0.05) is 19.5 Å². The molecule has 1 saturated carbocycles. The Hall–Kier alpha value is -2.51. The van der Waals surface area contributed by atoms with Gasteiger partial charge in [0.25, 0.3) is 0 Å². The number of nitrogens with zero attached hydrogens (tertiary/aromatic N) is 5. The van der Waals surface area contributed by atoms with Crippen LogP contribution in [0, 0.1) is 23.7 Å². The van der Waals surface area contributed by atoms with Crippen LogP contribution in [-0.4, -0.2) is 55.4 Å². The molecule has 4 heterocycles. The van der Waals surface area contributed by atoms with E-state index in [9.17, 15) is 14.4 Å². The van der Waals surface area contributed by atoms with Gasteiger partial charge >= 0.3 is 0 Å². The highest BCUT2D eigenvalue weighted by Gasteiger charge is 2.59. The van der Waals surface area contributed by atoms with Crippen molar-refractivity contribution in [2.45, 2.75) is 57.5 Å². The zero-order chi connectivity index (χ0) is 20.4. The standard InChI is InChI=1S/C22H27N5O3/c28-17(12-27-21(29)18-13-7-8-14(11-13)19(18)22(27)30)25-10-4-5-15(25)20-24-23-16-6-2-1-3-9-26(16)20/h7-8,13-15,18-19H,1-6,9-12H2/t13-,14-,15-,18-,19+/m0/s1. The molecule has 2 aliphatic carbocycles. The fraction of sp³-hybridized carbons (Fsp3) is 0.682. The Kier molecular flexibility index (Phi) is 4.11. The van der Waals surface area contributed by atoms with Crippen LogP contribution < -0.4 is 0 Å². The second-order valence-electron chi connectivity index (χ2n) is 9.44. The molecule has 0 unspecified atom stereocenters. The van der Waals surface area contributed by atoms with Crippen LogP contribution in [0.4, 0.5) is 0 Å². The summed E-state index contributed by atoms with van der Waals surface area (Å²) in [5, 5.41) is 8.85. The Bertz CT molecular complexity index is 923. The highest BCUT2D eigenvalue weighted by molar-refractivity contribution is 6.08.